The summed E-state index contributed by atoms with van der Waals surface area (Å²) in [6.45, 7) is 0.320. The van der Waals surface area contributed by atoms with Gasteiger partial charge in [0.05, 0.1) is 23.5 Å². The molecule has 1 heterocycles. The summed E-state index contributed by atoms with van der Waals surface area (Å²) in [5, 5.41) is 5.59. The topological polar surface area (TPSA) is 80.6 Å². The van der Waals surface area contributed by atoms with Crippen LogP contribution in [0.4, 0.5) is 5.69 Å². The zero-order chi connectivity index (χ0) is 19.2. The molecule has 0 unspecified atom stereocenters. The summed E-state index contributed by atoms with van der Waals surface area (Å²) in [6.07, 6.45) is 1.56. The van der Waals surface area contributed by atoms with Crippen molar-refractivity contribution in [3.63, 3.8) is 0 Å². The van der Waals surface area contributed by atoms with Gasteiger partial charge in [0.2, 0.25) is 0 Å². The van der Waals surface area contributed by atoms with Gasteiger partial charge in [-0.15, -0.1) is 0 Å². The molecule has 1 aromatic heterocycles. The molecule has 2 N–H and O–H groups in total. The first-order valence-electron chi connectivity index (χ1n) is 8.12. The second kappa shape index (κ2) is 8.72. The average Bonchev–Trinajstić information content (AvgIpc) is 3.20. The Morgan fingerprint density at radius 3 is 2.41 bits per heavy atom. The van der Waals surface area contributed by atoms with Crippen molar-refractivity contribution < 1.29 is 18.7 Å². The highest BCUT2D eigenvalue weighted by Crippen LogP contribution is 2.22. The van der Waals surface area contributed by atoms with Crippen LogP contribution in [-0.4, -0.2) is 18.9 Å². The molecule has 0 saturated carbocycles. The molecule has 0 spiro atoms. The van der Waals surface area contributed by atoms with Crippen LogP contribution in [0.2, 0.25) is 0 Å². The molecule has 0 aliphatic heterocycles. The number of methoxy groups -OCH3 is 1. The first kappa shape index (κ1) is 19.0. The molecule has 7 heteroatoms. The highest BCUT2D eigenvalue weighted by molar-refractivity contribution is 14.1. The van der Waals surface area contributed by atoms with E-state index in [1.807, 2.05) is 0 Å². The van der Waals surface area contributed by atoms with E-state index in [1.165, 1.54) is 0 Å². The molecule has 6 nitrogen and oxygen atoms in total. The second-order valence-electron chi connectivity index (χ2n) is 5.64. The minimum absolute atomic E-state index is 0.214. The second-order valence-corrected chi connectivity index (χ2v) is 6.81. The van der Waals surface area contributed by atoms with Crippen LogP contribution in [0.3, 0.4) is 0 Å². The van der Waals surface area contributed by atoms with E-state index in [4.69, 9.17) is 9.15 Å². The van der Waals surface area contributed by atoms with E-state index < -0.39 is 0 Å². The van der Waals surface area contributed by atoms with Gasteiger partial charge in [-0.05, 0) is 77.2 Å². The molecule has 2 aromatic carbocycles. The summed E-state index contributed by atoms with van der Waals surface area (Å²) >= 11 is 2.12. The Kier molecular flexibility index (Phi) is 6.12. The number of halogens is 1. The average molecular weight is 476 g/mol. The summed E-state index contributed by atoms with van der Waals surface area (Å²) in [6, 6.07) is 15.5. The van der Waals surface area contributed by atoms with Crippen molar-refractivity contribution in [3.05, 3.63) is 81.3 Å². The largest absolute Gasteiger partial charge is 0.496 e. The summed E-state index contributed by atoms with van der Waals surface area (Å²) in [4.78, 5) is 24.5. The molecule has 2 amide bonds. The summed E-state index contributed by atoms with van der Waals surface area (Å²) in [7, 11) is 1.59. The molecule has 27 heavy (non-hydrogen) atoms. The predicted octanol–water partition coefficient (Wildman–Crippen LogP) is 4.08. The highest BCUT2D eigenvalue weighted by Gasteiger charge is 2.10. The van der Waals surface area contributed by atoms with Crippen LogP contribution in [0, 0.1) is 3.57 Å². The highest BCUT2D eigenvalue weighted by atomic mass is 127. The third-order valence-corrected chi connectivity index (χ3v) is 4.67. The quantitative estimate of drug-likeness (QED) is 0.526. The Morgan fingerprint density at radius 1 is 1.04 bits per heavy atom. The third-order valence-electron chi connectivity index (χ3n) is 3.82. The lowest BCUT2D eigenvalue weighted by molar-refractivity contribution is 0.0947. The van der Waals surface area contributed by atoms with Crippen molar-refractivity contribution in [3.8, 4) is 5.75 Å². The van der Waals surface area contributed by atoms with Gasteiger partial charge in [-0.3, -0.25) is 9.59 Å². The Balaban J connectivity index is 1.60. The lowest BCUT2D eigenvalue weighted by Gasteiger charge is -2.09. The monoisotopic (exact) mass is 476 g/mol. The number of amides is 2. The summed E-state index contributed by atoms with van der Waals surface area (Å²) < 4.78 is 11.2. The maximum atomic E-state index is 12.4. The van der Waals surface area contributed by atoms with Crippen molar-refractivity contribution >= 4 is 40.1 Å². The number of carbonyl (C=O) groups is 2. The number of nitrogens with one attached hydrogen (secondary N) is 2. The number of furan rings is 1. The van der Waals surface area contributed by atoms with Crippen LogP contribution in [0.15, 0.2) is 65.3 Å². The minimum atomic E-state index is -0.231. The maximum absolute atomic E-state index is 12.4. The van der Waals surface area contributed by atoms with Crippen molar-refractivity contribution in [2.24, 2.45) is 0 Å². The van der Waals surface area contributed by atoms with Gasteiger partial charge in [-0.2, -0.15) is 0 Å². The fourth-order valence-corrected chi connectivity index (χ4v) is 3.13. The maximum Gasteiger partial charge on any atom is 0.255 e. The van der Waals surface area contributed by atoms with E-state index in [-0.39, 0.29) is 11.8 Å². The first-order valence-corrected chi connectivity index (χ1v) is 9.20. The number of carbonyl (C=O) groups excluding carboxylic acids is 2. The number of rotatable bonds is 6. The van der Waals surface area contributed by atoms with Gasteiger partial charge >= 0.3 is 0 Å². The smallest absolute Gasteiger partial charge is 0.255 e. The Hall–Kier alpha value is -2.81. The van der Waals surface area contributed by atoms with Crippen molar-refractivity contribution in [1.82, 2.24) is 5.32 Å². The standard InChI is InChI=1S/C20H17IN2O4/c1-26-18-9-6-14(11-17(18)21)20(25)23-15-7-4-13(5-8-15)19(24)22-12-16-3-2-10-27-16/h2-11H,12H2,1H3,(H,22,24)(H,23,25). The number of ether oxygens (including phenoxy) is 1. The lowest BCUT2D eigenvalue weighted by Crippen LogP contribution is -2.22. The number of hydrogen-bond acceptors (Lipinski definition) is 4. The van der Waals surface area contributed by atoms with Crippen LogP contribution >= 0.6 is 22.6 Å². The normalized spacial score (nSPS) is 10.3. The molecular formula is C20H17IN2O4. The van der Waals surface area contributed by atoms with Gasteiger partial charge < -0.3 is 19.8 Å². The molecule has 0 atom stereocenters. The molecular weight excluding hydrogens is 459 g/mol. The number of hydrogen-bond donors (Lipinski definition) is 2. The van der Waals surface area contributed by atoms with E-state index in [0.29, 0.717) is 29.1 Å². The Bertz CT molecular complexity index is 937. The van der Waals surface area contributed by atoms with Gasteiger partial charge in [0.1, 0.15) is 11.5 Å². The van der Waals surface area contributed by atoms with Crippen LogP contribution < -0.4 is 15.4 Å². The molecule has 0 fully saturated rings. The minimum Gasteiger partial charge on any atom is -0.496 e. The number of benzene rings is 2. The fraction of sp³-hybridized carbons (Fsp3) is 0.100. The molecule has 0 aliphatic rings. The Morgan fingerprint density at radius 2 is 1.78 bits per heavy atom. The van der Waals surface area contributed by atoms with E-state index >= 15 is 0 Å². The van der Waals surface area contributed by atoms with Gasteiger partial charge in [0.25, 0.3) is 11.8 Å². The van der Waals surface area contributed by atoms with Gasteiger partial charge in [-0.1, -0.05) is 0 Å². The van der Waals surface area contributed by atoms with E-state index in [0.717, 1.165) is 9.32 Å². The Labute approximate surface area is 170 Å². The molecule has 0 radical (unpaired) electrons. The molecule has 138 valence electrons. The summed E-state index contributed by atoms with van der Waals surface area (Å²) in [5.74, 6) is 0.956. The van der Waals surface area contributed by atoms with Gasteiger partial charge in [-0.25, -0.2) is 0 Å². The first-order chi connectivity index (χ1) is 13.1. The van der Waals surface area contributed by atoms with Crippen LogP contribution in [0.5, 0.6) is 5.75 Å². The van der Waals surface area contributed by atoms with Gasteiger partial charge in [0, 0.05) is 16.8 Å². The van der Waals surface area contributed by atoms with Crippen molar-refractivity contribution in [2.45, 2.75) is 6.54 Å². The summed E-state index contributed by atoms with van der Waals surface area (Å²) in [5.41, 5.74) is 1.63. The molecule has 0 aliphatic carbocycles. The van der Waals surface area contributed by atoms with Crippen molar-refractivity contribution in [1.29, 1.82) is 0 Å². The molecule has 0 saturated heterocycles. The number of anilines is 1. The third kappa shape index (κ3) is 4.88. The van der Waals surface area contributed by atoms with E-state index in [1.54, 1.807) is 68.0 Å². The predicted molar refractivity (Wildman–Crippen MR) is 110 cm³/mol. The van der Waals surface area contributed by atoms with Crippen LogP contribution in [0.25, 0.3) is 0 Å². The lowest BCUT2D eigenvalue weighted by atomic mass is 10.1. The van der Waals surface area contributed by atoms with E-state index in [2.05, 4.69) is 33.2 Å². The van der Waals surface area contributed by atoms with Crippen LogP contribution in [-0.2, 0) is 6.54 Å². The molecule has 3 aromatic rings. The molecule has 0 bridgehead atoms. The van der Waals surface area contributed by atoms with Crippen molar-refractivity contribution in [2.75, 3.05) is 12.4 Å². The molecule has 3 rings (SSSR count). The van der Waals surface area contributed by atoms with E-state index in [9.17, 15) is 9.59 Å². The van der Waals surface area contributed by atoms with Crippen LogP contribution in [0.1, 0.15) is 26.5 Å². The zero-order valence-electron chi connectivity index (χ0n) is 14.5. The zero-order valence-corrected chi connectivity index (χ0v) is 16.6. The SMILES string of the molecule is COc1ccc(C(=O)Nc2ccc(C(=O)NCc3ccco3)cc2)cc1I. The fourth-order valence-electron chi connectivity index (χ4n) is 2.40. The van der Waals surface area contributed by atoms with Gasteiger partial charge in [0.15, 0.2) is 0 Å².